The van der Waals surface area contributed by atoms with Gasteiger partial charge in [-0.2, -0.15) is 0 Å². The highest BCUT2D eigenvalue weighted by Crippen LogP contribution is 2.28. The van der Waals surface area contributed by atoms with Crippen LogP contribution in [0.3, 0.4) is 0 Å². The summed E-state index contributed by atoms with van der Waals surface area (Å²) in [5.41, 5.74) is 0. The van der Waals surface area contributed by atoms with Gasteiger partial charge in [0.15, 0.2) is 18.5 Å². The van der Waals surface area contributed by atoms with Crippen LogP contribution < -0.4 is 0 Å². The maximum Gasteiger partial charge on any atom is 0.303 e. The highest BCUT2D eigenvalue weighted by molar-refractivity contribution is 6.18. The van der Waals surface area contributed by atoms with Gasteiger partial charge >= 0.3 is 11.9 Å². The van der Waals surface area contributed by atoms with Crippen LogP contribution >= 0.6 is 11.6 Å². The Morgan fingerprint density at radius 1 is 1.18 bits per heavy atom. The molecular weight excluding hydrogens is 252 g/mol. The van der Waals surface area contributed by atoms with E-state index in [0.717, 1.165) is 0 Å². The molecule has 6 nitrogen and oxygen atoms in total. The number of carbonyl (C=O) groups excluding carboxylic acids is 2. The third-order valence-corrected chi connectivity index (χ3v) is 2.56. The van der Waals surface area contributed by atoms with E-state index in [1.807, 2.05) is 0 Å². The fourth-order valence-corrected chi connectivity index (χ4v) is 1.90. The molecule has 1 aliphatic heterocycles. The minimum Gasteiger partial charge on any atom is -0.456 e. The van der Waals surface area contributed by atoms with E-state index >= 15 is 0 Å². The maximum atomic E-state index is 11.0. The van der Waals surface area contributed by atoms with Crippen LogP contribution in [0.1, 0.15) is 13.8 Å². The summed E-state index contributed by atoms with van der Waals surface area (Å²) in [6, 6.07) is 0. The lowest BCUT2D eigenvalue weighted by Gasteiger charge is -2.22. The van der Waals surface area contributed by atoms with E-state index < -0.39 is 36.5 Å². The van der Waals surface area contributed by atoms with Crippen LogP contribution in [0.2, 0.25) is 0 Å². The normalized spacial score (nSPS) is 32.2. The van der Waals surface area contributed by atoms with E-state index in [1.54, 1.807) is 0 Å². The van der Waals surface area contributed by atoms with Crippen LogP contribution in [0.5, 0.6) is 0 Å². The molecule has 0 aliphatic carbocycles. The highest BCUT2D eigenvalue weighted by atomic mass is 35.5. The van der Waals surface area contributed by atoms with Crippen molar-refractivity contribution in [2.75, 3.05) is 13.0 Å². The Kier molecular flexibility index (Phi) is 5.17. The molecule has 4 atom stereocenters. The zero-order valence-electron chi connectivity index (χ0n) is 9.84. The Hall–Kier alpha value is -0.850. The lowest BCUT2D eigenvalue weighted by atomic mass is 10.1. The first-order chi connectivity index (χ1) is 7.99. The van der Waals surface area contributed by atoms with Gasteiger partial charge in [0.2, 0.25) is 0 Å². The number of ether oxygens (including phenoxy) is 4. The zero-order chi connectivity index (χ0) is 13.0. The van der Waals surface area contributed by atoms with E-state index in [-0.39, 0.29) is 5.88 Å². The smallest absolute Gasteiger partial charge is 0.303 e. The van der Waals surface area contributed by atoms with Crippen molar-refractivity contribution < 1.29 is 28.5 Å². The lowest BCUT2D eigenvalue weighted by Crippen LogP contribution is -2.40. The van der Waals surface area contributed by atoms with Crippen LogP contribution in [0.4, 0.5) is 0 Å². The molecule has 7 heteroatoms. The third kappa shape index (κ3) is 3.55. The van der Waals surface area contributed by atoms with E-state index in [2.05, 4.69) is 0 Å². The van der Waals surface area contributed by atoms with Gasteiger partial charge in [0, 0.05) is 21.0 Å². The summed E-state index contributed by atoms with van der Waals surface area (Å²) in [5, 5.41) is 0. The largest absolute Gasteiger partial charge is 0.456 e. The Bertz CT molecular complexity index is 267. The maximum absolute atomic E-state index is 11.0. The molecule has 1 aliphatic rings. The Balaban J connectivity index is 2.82. The van der Waals surface area contributed by atoms with Gasteiger partial charge in [-0.1, -0.05) is 0 Å². The van der Waals surface area contributed by atoms with Crippen molar-refractivity contribution in [3.8, 4) is 0 Å². The minimum atomic E-state index is -0.801. The number of halogens is 1. The Labute approximate surface area is 104 Å². The van der Waals surface area contributed by atoms with Crippen molar-refractivity contribution in [3.63, 3.8) is 0 Å². The fourth-order valence-electron chi connectivity index (χ4n) is 1.66. The molecule has 0 aromatic carbocycles. The number of esters is 2. The van der Waals surface area contributed by atoms with E-state index in [0.29, 0.717) is 0 Å². The molecule has 98 valence electrons. The van der Waals surface area contributed by atoms with Crippen molar-refractivity contribution in [3.05, 3.63) is 0 Å². The number of carbonyl (C=O) groups is 2. The van der Waals surface area contributed by atoms with Gasteiger partial charge in [0.25, 0.3) is 0 Å². The standard InChI is InChI=1S/C10H15ClO6/c1-5(12)15-8-7(4-11)17-10(14-3)9(8)16-6(2)13/h7-10H,4H2,1-3H3/t7-,8-,9-,10+/m1/s1. The second kappa shape index (κ2) is 6.18. The van der Waals surface area contributed by atoms with Crippen LogP contribution in [-0.2, 0) is 28.5 Å². The molecule has 1 saturated heterocycles. The van der Waals surface area contributed by atoms with Gasteiger partial charge in [-0.3, -0.25) is 9.59 Å². The van der Waals surface area contributed by atoms with Crippen molar-refractivity contribution in [2.45, 2.75) is 38.4 Å². The van der Waals surface area contributed by atoms with Gasteiger partial charge in [-0.15, -0.1) is 11.6 Å². The fraction of sp³-hybridized carbons (Fsp3) is 0.800. The molecule has 0 saturated carbocycles. The summed E-state index contributed by atoms with van der Waals surface area (Å²) in [4.78, 5) is 22.0. The number of hydrogen-bond donors (Lipinski definition) is 0. The second-order valence-electron chi connectivity index (χ2n) is 3.58. The molecule has 17 heavy (non-hydrogen) atoms. The molecule has 0 aromatic heterocycles. The molecule has 0 amide bonds. The number of alkyl halides is 1. The first kappa shape index (κ1) is 14.2. The molecule has 0 aromatic rings. The van der Waals surface area contributed by atoms with E-state index in [9.17, 15) is 9.59 Å². The van der Waals surface area contributed by atoms with E-state index in [1.165, 1.54) is 21.0 Å². The molecule has 1 heterocycles. The van der Waals surface area contributed by atoms with Crippen molar-refractivity contribution in [1.82, 2.24) is 0 Å². The monoisotopic (exact) mass is 266 g/mol. The molecular formula is C10H15ClO6. The molecule has 0 N–H and O–H groups in total. The predicted octanol–water partition coefficient (Wildman–Crippen LogP) is 0.460. The second-order valence-corrected chi connectivity index (χ2v) is 3.89. The summed E-state index contributed by atoms with van der Waals surface area (Å²) in [7, 11) is 1.41. The number of rotatable bonds is 4. The topological polar surface area (TPSA) is 71.1 Å². The van der Waals surface area contributed by atoms with Crippen molar-refractivity contribution in [1.29, 1.82) is 0 Å². The minimum absolute atomic E-state index is 0.107. The van der Waals surface area contributed by atoms with Gasteiger partial charge in [0.1, 0.15) is 6.10 Å². The molecule has 0 unspecified atom stereocenters. The third-order valence-electron chi connectivity index (χ3n) is 2.26. The summed E-state index contributed by atoms with van der Waals surface area (Å²) < 4.78 is 20.5. The molecule has 0 bridgehead atoms. The van der Waals surface area contributed by atoms with Gasteiger partial charge < -0.3 is 18.9 Å². The van der Waals surface area contributed by atoms with Gasteiger partial charge in [-0.05, 0) is 0 Å². The average molecular weight is 267 g/mol. The van der Waals surface area contributed by atoms with Crippen LogP contribution in [0, 0.1) is 0 Å². The summed E-state index contributed by atoms with van der Waals surface area (Å²) in [6.45, 7) is 2.52. The molecule has 1 fully saturated rings. The number of hydrogen-bond acceptors (Lipinski definition) is 6. The average Bonchev–Trinajstić information content (AvgIpc) is 2.55. The molecule has 0 spiro atoms. The SMILES string of the molecule is CO[C@H]1O[C@H](CCl)[C@@H](OC(C)=O)[C@H]1OC(C)=O. The first-order valence-corrected chi connectivity index (χ1v) is 5.61. The summed E-state index contributed by atoms with van der Waals surface area (Å²) in [6.07, 6.45) is -2.90. The molecule has 0 radical (unpaired) electrons. The summed E-state index contributed by atoms with van der Waals surface area (Å²) in [5.74, 6) is -0.897. The Morgan fingerprint density at radius 3 is 2.12 bits per heavy atom. The first-order valence-electron chi connectivity index (χ1n) is 5.08. The van der Waals surface area contributed by atoms with Crippen molar-refractivity contribution >= 4 is 23.5 Å². The van der Waals surface area contributed by atoms with Crippen LogP contribution in [0.15, 0.2) is 0 Å². The van der Waals surface area contributed by atoms with Crippen molar-refractivity contribution in [2.24, 2.45) is 0 Å². The van der Waals surface area contributed by atoms with Crippen LogP contribution in [-0.4, -0.2) is 49.5 Å². The highest BCUT2D eigenvalue weighted by Gasteiger charge is 2.49. The van der Waals surface area contributed by atoms with E-state index in [4.69, 9.17) is 30.5 Å². The van der Waals surface area contributed by atoms with Gasteiger partial charge in [-0.25, -0.2) is 0 Å². The quantitative estimate of drug-likeness (QED) is 0.544. The molecule has 1 rings (SSSR count). The zero-order valence-corrected chi connectivity index (χ0v) is 10.6. The van der Waals surface area contributed by atoms with Crippen LogP contribution in [0.25, 0.3) is 0 Å². The number of methoxy groups -OCH3 is 1. The van der Waals surface area contributed by atoms with Gasteiger partial charge in [0.05, 0.1) is 5.88 Å². The summed E-state index contributed by atoms with van der Waals surface area (Å²) >= 11 is 5.70. The Morgan fingerprint density at radius 2 is 1.71 bits per heavy atom. The lowest BCUT2D eigenvalue weighted by molar-refractivity contribution is -0.180. The predicted molar refractivity (Wildman–Crippen MR) is 57.5 cm³/mol.